The zero-order valence-corrected chi connectivity index (χ0v) is 10.2. The van der Waals surface area contributed by atoms with Crippen LogP contribution < -0.4 is 5.32 Å². The van der Waals surface area contributed by atoms with E-state index in [4.69, 9.17) is 11.6 Å². The molecule has 0 bridgehead atoms. The molecule has 2 rings (SSSR count). The number of nitrogens with one attached hydrogen (secondary N) is 1. The maximum Gasteiger partial charge on any atom is 0.258 e. The van der Waals surface area contributed by atoms with Crippen molar-refractivity contribution >= 4 is 23.2 Å². The number of carbonyl (C=O) groups is 1. The molecule has 18 heavy (non-hydrogen) atoms. The van der Waals surface area contributed by atoms with Crippen LogP contribution in [0.1, 0.15) is 16.2 Å². The molecule has 0 unspecified atom stereocenters. The van der Waals surface area contributed by atoms with Crippen LogP contribution >= 0.6 is 11.6 Å². The minimum absolute atomic E-state index is 0.0482. The van der Waals surface area contributed by atoms with Crippen molar-refractivity contribution in [3.05, 3.63) is 52.8 Å². The van der Waals surface area contributed by atoms with Gasteiger partial charge in [-0.05, 0) is 25.1 Å². The number of amides is 1. The summed E-state index contributed by atoms with van der Waals surface area (Å²) in [6, 6.07) is 3.95. The first-order chi connectivity index (χ1) is 8.56. The largest absolute Gasteiger partial charge is 0.322 e. The van der Waals surface area contributed by atoms with Gasteiger partial charge in [0.25, 0.3) is 5.91 Å². The molecule has 2 aromatic rings. The van der Waals surface area contributed by atoms with Crippen molar-refractivity contribution in [1.29, 1.82) is 0 Å². The van der Waals surface area contributed by atoms with Gasteiger partial charge in [0.2, 0.25) is 0 Å². The molecule has 0 radical (unpaired) electrons. The predicted octanol–water partition coefficient (Wildman–Crippen LogP) is 2.83. The molecule has 92 valence electrons. The normalized spacial score (nSPS) is 10.2. The summed E-state index contributed by atoms with van der Waals surface area (Å²) < 4.78 is 12.9. The highest BCUT2D eigenvalue weighted by Crippen LogP contribution is 2.19. The maximum absolute atomic E-state index is 12.9. The minimum atomic E-state index is -0.534. The van der Waals surface area contributed by atoms with Crippen molar-refractivity contribution in [1.82, 2.24) is 9.97 Å². The Hall–Kier alpha value is -2.01. The lowest BCUT2D eigenvalue weighted by Gasteiger charge is -2.05. The first kappa shape index (κ1) is 12.4. The number of carbonyl (C=O) groups excluding carboxylic acids is 1. The summed E-state index contributed by atoms with van der Waals surface area (Å²) in [6.07, 6.45) is 2.84. The van der Waals surface area contributed by atoms with Crippen LogP contribution in [0.5, 0.6) is 0 Å². The number of anilines is 1. The molecule has 0 aliphatic heterocycles. The summed E-state index contributed by atoms with van der Waals surface area (Å²) in [4.78, 5) is 19.6. The van der Waals surface area contributed by atoms with Crippen LogP contribution in [0.25, 0.3) is 0 Å². The van der Waals surface area contributed by atoms with Crippen LogP contribution in [0.2, 0.25) is 5.02 Å². The molecule has 1 heterocycles. The lowest BCUT2D eigenvalue weighted by Crippen LogP contribution is -2.12. The molecule has 1 aromatic heterocycles. The Bertz CT molecular complexity index is 586. The SMILES string of the molecule is Cc1ncc(C(=O)Nc2ccc(F)c(Cl)c2)cn1. The van der Waals surface area contributed by atoms with E-state index in [9.17, 15) is 9.18 Å². The van der Waals surface area contributed by atoms with Crippen molar-refractivity contribution < 1.29 is 9.18 Å². The van der Waals surface area contributed by atoms with E-state index in [1.807, 2.05) is 0 Å². The zero-order chi connectivity index (χ0) is 13.1. The summed E-state index contributed by atoms with van der Waals surface area (Å²) in [6.45, 7) is 1.72. The summed E-state index contributed by atoms with van der Waals surface area (Å²) in [7, 11) is 0. The molecule has 6 heteroatoms. The molecular formula is C12H9ClFN3O. The minimum Gasteiger partial charge on any atom is -0.322 e. The third-order valence-corrected chi connectivity index (χ3v) is 2.51. The van der Waals surface area contributed by atoms with E-state index < -0.39 is 5.82 Å². The van der Waals surface area contributed by atoms with E-state index in [1.165, 1.54) is 30.6 Å². The van der Waals surface area contributed by atoms with E-state index in [0.29, 0.717) is 17.1 Å². The number of hydrogen-bond donors (Lipinski definition) is 1. The molecule has 4 nitrogen and oxygen atoms in total. The fraction of sp³-hybridized carbons (Fsp3) is 0.0833. The number of rotatable bonds is 2. The Morgan fingerprint density at radius 1 is 1.33 bits per heavy atom. The van der Waals surface area contributed by atoms with Crippen LogP contribution in [0.4, 0.5) is 10.1 Å². The maximum atomic E-state index is 12.9. The van der Waals surface area contributed by atoms with Gasteiger partial charge in [-0.1, -0.05) is 11.6 Å². The number of halogens is 2. The second-order valence-corrected chi connectivity index (χ2v) is 4.01. The van der Waals surface area contributed by atoms with Crippen molar-refractivity contribution in [2.75, 3.05) is 5.32 Å². The third kappa shape index (κ3) is 2.81. The van der Waals surface area contributed by atoms with Gasteiger partial charge < -0.3 is 5.32 Å². The van der Waals surface area contributed by atoms with E-state index in [2.05, 4.69) is 15.3 Å². The van der Waals surface area contributed by atoms with Gasteiger partial charge in [0, 0.05) is 18.1 Å². The fourth-order valence-electron chi connectivity index (χ4n) is 1.29. The molecule has 0 spiro atoms. The van der Waals surface area contributed by atoms with Crippen LogP contribution in [0.15, 0.2) is 30.6 Å². The Labute approximate surface area is 108 Å². The Morgan fingerprint density at radius 3 is 2.61 bits per heavy atom. The van der Waals surface area contributed by atoms with Crippen molar-refractivity contribution in [3.8, 4) is 0 Å². The molecule has 0 aliphatic carbocycles. The Kier molecular flexibility index (Phi) is 3.53. The number of hydrogen-bond acceptors (Lipinski definition) is 3. The van der Waals surface area contributed by atoms with Gasteiger partial charge in [0.15, 0.2) is 0 Å². The molecule has 0 saturated carbocycles. The molecule has 0 atom stereocenters. The van der Waals surface area contributed by atoms with Crippen LogP contribution in [-0.4, -0.2) is 15.9 Å². The number of nitrogens with zero attached hydrogens (tertiary/aromatic N) is 2. The van der Waals surface area contributed by atoms with Gasteiger partial charge in [-0.25, -0.2) is 14.4 Å². The van der Waals surface area contributed by atoms with E-state index in [-0.39, 0.29) is 10.9 Å². The highest BCUT2D eigenvalue weighted by Gasteiger charge is 2.08. The van der Waals surface area contributed by atoms with Gasteiger partial charge in [-0.2, -0.15) is 0 Å². The first-order valence-electron chi connectivity index (χ1n) is 5.11. The molecule has 0 saturated heterocycles. The molecular weight excluding hydrogens is 257 g/mol. The highest BCUT2D eigenvalue weighted by atomic mass is 35.5. The van der Waals surface area contributed by atoms with Gasteiger partial charge in [-0.3, -0.25) is 4.79 Å². The highest BCUT2D eigenvalue weighted by molar-refractivity contribution is 6.31. The van der Waals surface area contributed by atoms with Gasteiger partial charge in [0.1, 0.15) is 11.6 Å². The summed E-state index contributed by atoms with van der Waals surface area (Å²) in [5, 5.41) is 2.53. The van der Waals surface area contributed by atoms with Gasteiger partial charge >= 0.3 is 0 Å². The quantitative estimate of drug-likeness (QED) is 0.908. The second kappa shape index (κ2) is 5.10. The van der Waals surface area contributed by atoms with Crippen molar-refractivity contribution in [2.24, 2.45) is 0 Å². The number of benzene rings is 1. The van der Waals surface area contributed by atoms with E-state index >= 15 is 0 Å². The topological polar surface area (TPSA) is 54.9 Å². The molecule has 1 N–H and O–H groups in total. The van der Waals surface area contributed by atoms with E-state index in [0.717, 1.165) is 0 Å². The predicted molar refractivity (Wildman–Crippen MR) is 66.1 cm³/mol. The fourth-order valence-corrected chi connectivity index (χ4v) is 1.47. The standard InChI is InChI=1S/C12H9ClFN3O/c1-7-15-5-8(6-16-7)12(18)17-9-2-3-11(14)10(13)4-9/h2-6H,1H3,(H,17,18). The Morgan fingerprint density at radius 2 is 2.00 bits per heavy atom. The average molecular weight is 266 g/mol. The van der Waals surface area contributed by atoms with Crippen LogP contribution in [-0.2, 0) is 0 Å². The first-order valence-corrected chi connectivity index (χ1v) is 5.49. The lowest BCUT2D eigenvalue weighted by atomic mass is 10.2. The van der Waals surface area contributed by atoms with Crippen molar-refractivity contribution in [2.45, 2.75) is 6.92 Å². The van der Waals surface area contributed by atoms with Gasteiger partial charge in [-0.15, -0.1) is 0 Å². The second-order valence-electron chi connectivity index (χ2n) is 3.60. The monoisotopic (exact) mass is 265 g/mol. The molecule has 1 aromatic carbocycles. The average Bonchev–Trinajstić information content (AvgIpc) is 2.34. The summed E-state index contributed by atoms with van der Waals surface area (Å²) in [5.41, 5.74) is 0.730. The lowest BCUT2D eigenvalue weighted by molar-refractivity contribution is 0.102. The number of aryl methyl sites for hydroxylation is 1. The van der Waals surface area contributed by atoms with Crippen molar-refractivity contribution in [3.63, 3.8) is 0 Å². The molecule has 0 fully saturated rings. The van der Waals surface area contributed by atoms with Gasteiger partial charge in [0.05, 0.1) is 10.6 Å². The summed E-state index contributed by atoms with van der Waals surface area (Å²) in [5.74, 6) is -0.331. The molecule has 1 amide bonds. The Balaban J connectivity index is 2.16. The van der Waals surface area contributed by atoms with Crippen LogP contribution in [0.3, 0.4) is 0 Å². The smallest absolute Gasteiger partial charge is 0.258 e. The molecule has 0 aliphatic rings. The third-order valence-electron chi connectivity index (χ3n) is 2.22. The van der Waals surface area contributed by atoms with Crippen LogP contribution in [0, 0.1) is 12.7 Å². The summed E-state index contributed by atoms with van der Waals surface area (Å²) >= 11 is 5.61. The number of aromatic nitrogens is 2. The zero-order valence-electron chi connectivity index (χ0n) is 9.45. The van der Waals surface area contributed by atoms with E-state index in [1.54, 1.807) is 6.92 Å².